The second-order valence-electron chi connectivity index (χ2n) is 3.82. The minimum absolute atomic E-state index is 0.129. The van der Waals surface area contributed by atoms with E-state index in [1.54, 1.807) is 6.20 Å². The number of aromatic nitrogens is 2. The highest BCUT2D eigenvalue weighted by Gasteiger charge is 2.17. The molecule has 2 rings (SSSR count). The summed E-state index contributed by atoms with van der Waals surface area (Å²) in [7, 11) is 0. The van der Waals surface area contributed by atoms with Crippen molar-refractivity contribution >= 4 is 11.6 Å². The highest BCUT2D eigenvalue weighted by molar-refractivity contribution is 6.28. The Labute approximate surface area is 93.9 Å². The highest BCUT2D eigenvalue weighted by atomic mass is 35.5. The first-order valence-electron chi connectivity index (χ1n) is 5.12. The van der Waals surface area contributed by atoms with Gasteiger partial charge < -0.3 is 5.11 Å². The van der Waals surface area contributed by atoms with Gasteiger partial charge in [0.2, 0.25) is 5.28 Å². The molecule has 0 radical (unpaired) electrons. The Bertz CT molecular complexity index is 326. The van der Waals surface area contributed by atoms with E-state index in [0.717, 1.165) is 38.2 Å². The van der Waals surface area contributed by atoms with Crippen molar-refractivity contribution in [1.82, 2.24) is 14.9 Å². The van der Waals surface area contributed by atoms with Gasteiger partial charge in [0.1, 0.15) is 0 Å². The van der Waals surface area contributed by atoms with E-state index in [1.165, 1.54) is 0 Å². The third-order valence-electron chi connectivity index (χ3n) is 2.63. The fraction of sp³-hybridized carbons (Fsp3) is 0.600. The van der Waals surface area contributed by atoms with Gasteiger partial charge in [0.15, 0.2) is 0 Å². The number of likely N-dealkylation sites (tertiary alicyclic amines) is 1. The van der Waals surface area contributed by atoms with E-state index < -0.39 is 0 Å². The van der Waals surface area contributed by atoms with E-state index in [4.69, 9.17) is 11.6 Å². The molecule has 2 heterocycles. The predicted molar refractivity (Wildman–Crippen MR) is 57.6 cm³/mol. The van der Waals surface area contributed by atoms with Crippen molar-refractivity contribution in [3.05, 3.63) is 23.2 Å². The van der Waals surface area contributed by atoms with Gasteiger partial charge in [0.25, 0.3) is 0 Å². The first-order valence-corrected chi connectivity index (χ1v) is 5.49. The molecule has 0 bridgehead atoms. The van der Waals surface area contributed by atoms with Crippen molar-refractivity contribution in [3.63, 3.8) is 0 Å². The Kier molecular flexibility index (Phi) is 3.51. The fourth-order valence-corrected chi connectivity index (χ4v) is 1.93. The minimum atomic E-state index is -0.129. The molecule has 15 heavy (non-hydrogen) atoms. The van der Waals surface area contributed by atoms with Crippen LogP contribution in [0.1, 0.15) is 18.5 Å². The molecule has 1 aromatic rings. The maximum absolute atomic E-state index is 9.36. The number of aliphatic hydroxyl groups is 1. The van der Waals surface area contributed by atoms with Gasteiger partial charge in [-0.05, 0) is 30.5 Å². The topological polar surface area (TPSA) is 49.2 Å². The van der Waals surface area contributed by atoms with Crippen molar-refractivity contribution in [2.75, 3.05) is 13.1 Å². The molecule has 0 amide bonds. The summed E-state index contributed by atoms with van der Waals surface area (Å²) in [6.45, 7) is 2.63. The number of aliphatic hydroxyl groups excluding tert-OH is 1. The zero-order valence-electron chi connectivity index (χ0n) is 8.43. The van der Waals surface area contributed by atoms with E-state index in [0.29, 0.717) is 5.28 Å². The van der Waals surface area contributed by atoms with Crippen LogP contribution in [0.4, 0.5) is 0 Å². The standard InChI is InChI=1S/C10H14ClN3O/c11-10-12-4-1-8(13-10)7-14-5-2-9(15)3-6-14/h1,4,9,15H,2-3,5-7H2. The van der Waals surface area contributed by atoms with E-state index in [-0.39, 0.29) is 6.10 Å². The SMILES string of the molecule is OC1CCN(Cc2ccnc(Cl)n2)CC1. The summed E-state index contributed by atoms with van der Waals surface area (Å²) in [5.74, 6) is 0. The van der Waals surface area contributed by atoms with E-state index in [2.05, 4.69) is 14.9 Å². The third-order valence-corrected chi connectivity index (χ3v) is 2.81. The van der Waals surface area contributed by atoms with Crippen molar-refractivity contribution < 1.29 is 5.11 Å². The second-order valence-corrected chi connectivity index (χ2v) is 4.16. The molecule has 1 fully saturated rings. The molecular weight excluding hydrogens is 214 g/mol. The molecule has 0 atom stereocenters. The van der Waals surface area contributed by atoms with Gasteiger partial charge in [0, 0.05) is 25.8 Å². The Balaban J connectivity index is 1.92. The van der Waals surface area contributed by atoms with Crippen molar-refractivity contribution in [2.24, 2.45) is 0 Å². The first-order chi connectivity index (χ1) is 7.24. The number of rotatable bonds is 2. The maximum atomic E-state index is 9.36. The molecule has 5 heteroatoms. The second kappa shape index (κ2) is 4.88. The first kappa shape index (κ1) is 10.8. The molecular formula is C10H14ClN3O. The van der Waals surface area contributed by atoms with Crippen LogP contribution in [0.2, 0.25) is 5.28 Å². The van der Waals surface area contributed by atoms with Crippen LogP contribution >= 0.6 is 11.6 Å². The number of hydrogen-bond donors (Lipinski definition) is 1. The number of piperidine rings is 1. The lowest BCUT2D eigenvalue weighted by atomic mass is 10.1. The van der Waals surface area contributed by atoms with Crippen LogP contribution in [0.25, 0.3) is 0 Å². The van der Waals surface area contributed by atoms with E-state index in [1.807, 2.05) is 6.07 Å². The maximum Gasteiger partial charge on any atom is 0.222 e. The summed E-state index contributed by atoms with van der Waals surface area (Å²) < 4.78 is 0. The lowest BCUT2D eigenvalue weighted by Gasteiger charge is -2.28. The molecule has 0 aliphatic carbocycles. The van der Waals surface area contributed by atoms with Gasteiger partial charge in [-0.15, -0.1) is 0 Å². The Morgan fingerprint density at radius 2 is 2.20 bits per heavy atom. The predicted octanol–water partition coefficient (Wildman–Crippen LogP) is 1.09. The summed E-state index contributed by atoms with van der Waals surface area (Å²) in [5, 5.41) is 9.66. The van der Waals surface area contributed by atoms with Crippen LogP contribution in [0.3, 0.4) is 0 Å². The Hall–Kier alpha value is -0.710. The van der Waals surface area contributed by atoms with Crippen LogP contribution in [-0.4, -0.2) is 39.2 Å². The van der Waals surface area contributed by atoms with Gasteiger partial charge in [-0.3, -0.25) is 4.90 Å². The Morgan fingerprint density at radius 1 is 1.47 bits per heavy atom. The average Bonchev–Trinajstić information content (AvgIpc) is 2.22. The molecule has 0 aromatic carbocycles. The molecule has 1 saturated heterocycles. The van der Waals surface area contributed by atoms with Crippen molar-refractivity contribution in [1.29, 1.82) is 0 Å². The largest absolute Gasteiger partial charge is 0.393 e. The molecule has 1 aromatic heterocycles. The lowest BCUT2D eigenvalue weighted by molar-refractivity contribution is 0.0786. The molecule has 1 aliphatic rings. The summed E-state index contributed by atoms with van der Waals surface area (Å²) >= 11 is 5.70. The van der Waals surface area contributed by atoms with Gasteiger partial charge in [-0.1, -0.05) is 0 Å². The van der Waals surface area contributed by atoms with Gasteiger partial charge >= 0.3 is 0 Å². The zero-order chi connectivity index (χ0) is 10.7. The molecule has 0 spiro atoms. The normalized spacial score (nSPS) is 19.3. The molecule has 4 nitrogen and oxygen atoms in total. The van der Waals surface area contributed by atoms with Crippen LogP contribution in [0.5, 0.6) is 0 Å². The highest BCUT2D eigenvalue weighted by Crippen LogP contribution is 2.12. The molecule has 1 N–H and O–H groups in total. The van der Waals surface area contributed by atoms with Gasteiger partial charge in [0.05, 0.1) is 11.8 Å². The fourth-order valence-electron chi connectivity index (χ4n) is 1.76. The summed E-state index contributed by atoms with van der Waals surface area (Å²) in [6, 6.07) is 1.87. The van der Waals surface area contributed by atoms with Crippen LogP contribution in [0, 0.1) is 0 Å². The van der Waals surface area contributed by atoms with Crippen LogP contribution < -0.4 is 0 Å². The molecule has 1 aliphatic heterocycles. The summed E-state index contributed by atoms with van der Waals surface area (Å²) in [4.78, 5) is 10.2. The average molecular weight is 228 g/mol. The lowest BCUT2D eigenvalue weighted by Crippen LogP contribution is -2.35. The van der Waals surface area contributed by atoms with Crippen LogP contribution in [-0.2, 0) is 6.54 Å². The van der Waals surface area contributed by atoms with Gasteiger partial charge in [-0.2, -0.15) is 0 Å². The summed E-state index contributed by atoms with van der Waals surface area (Å²) in [6.07, 6.45) is 3.23. The zero-order valence-corrected chi connectivity index (χ0v) is 9.19. The van der Waals surface area contributed by atoms with E-state index >= 15 is 0 Å². The number of hydrogen-bond acceptors (Lipinski definition) is 4. The minimum Gasteiger partial charge on any atom is -0.393 e. The summed E-state index contributed by atoms with van der Waals surface area (Å²) in [5.41, 5.74) is 0.936. The molecule has 0 saturated carbocycles. The number of halogens is 1. The molecule has 82 valence electrons. The quantitative estimate of drug-likeness (QED) is 0.769. The van der Waals surface area contributed by atoms with Gasteiger partial charge in [-0.25, -0.2) is 9.97 Å². The number of nitrogens with zero attached hydrogens (tertiary/aromatic N) is 3. The van der Waals surface area contributed by atoms with Crippen LogP contribution in [0.15, 0.2) is 12.3 Å². The molecule has 0 unspecified atom stereocenters. The monoisotopic (exact) mass is 227 g/mol. The Morgan fingerprint density at radius 3 is 2.87 bits per heavy atom. The smallest absolute Gasteiger partial charge is 0.222 e. The van der Waals surface area contributed by atoms with Crippen molar-refractivity contribution in [2.45, 2.75) is 25.5 Å². The van der Waals surface area contributed by atoms with E-state index in [9.17, 15) is 5.11 Å². The van der Waals surface area contributed by atoms with Crippen molar-refractivity contribution in [3.8, 4) is 0 Å². The third kappa shape index (κ3) is 3.12.